The number of aldehydes is 1. The minimum absolute atomic E-state index is 0.151. The van der Waals surface area contributed by atoms with Gasteiger partial charge in [-0.1, -0.05) is 26.0 Å². The van der Waals surface area contributed by atoms with E-state index in [-0.39, 0.29) is 11.7 Å². The maximum absolute atomic E-state index is 13.0. The Morgan fingerprint density at radius 3 is 2.67 bits per heavy atom. The van der Waals surface area contributed by atoms with Crippen LogP contribution in [0.15, 0.2) is 24.3 Å². The molecule has 1 rings (SSSR count). The van der Waals surface area contributed by atoms with E-state index in [4.69, 9.17) is 0 Å². The average Bonchev–Trinajstić information content (AvgIpc) is 2.16. The second-order valence-electron chi connectivity index (χ2n) is 4.28. The van der Waals surface area contributed by atoms with E-state index in [0.29, 0.717) is 12.3 Å². The quantitative estimate of drug-likeness (QED) is 0.676. The van der Waals surface area contributed by atoms with Crippen LogP contribution in [0.2, 0.25) is 0 Å². The zero-order valence-electron chi connectivity index (χ0n) is 9.24. The van der Waals surface area contributed by atoms with Gasteiger partial charge < -0.3 is 4.79 Å². The predicted octanol–water partition coefficient (Wildman–Crippen LogP) is 3.54. The van der Waals surface area contributed by atoms with Gasteiger partial charge >= 0.3 is 0 Å². The molecule has 0 saturated carbocycles. The van der Waals surface area contributed by atoms with Crippen LogP contribution in [0.5, 0.6) is 0 Å². The van der Waals surface area contributed by atoms with Gasteiger partial charge in [0.2, 0.25) is 0 Å². The smallest absolute Gasteiger partial charge is 0.123 e. The van der Waals surface area contributed by atoms with Gasteiger partial charge in [0.15, 0.2) is 0 Å². The van der Waals surface area contributed by atoms with Crippen molar-refractivity contribution in [1.82, 2.24) is 0 Å². The van der Waals surface area contributed by atoms with Crippen molar-refractivity contribution in [3.8, 4) is 0 Å². The lowest BCUT2D eigenvalue weighted by Gasteiger charge is -2.16. The summed E-state index contributed by atoms with van der Waals surface area (Å²) in [6.45, 7) is 4.22. The van der Waals surface area contributed by atoms with E-state index in [1.54, 1.807) is 6.07 Å². The summed E-state index contributed by atoms with van der Waals surface area (Å²) in [6, 6.07) is 6.54. The molecular formula is C13H17FO. The highest BCUT2D eigenvalue weighted by Gasteiger charge is 2.13. The minimum Gasteiger partial charge on any atom is -0.303 e. The molecule has 15 heavy (non-hydrogen) atoms. The standard InChI is InChI=1S/C13H17FO/c1-10(2)8-12(6-7-15)11-4-3-5-13(14)9-11/h3-5,7,9-10,12H,6,8H2,1-2H3. The van der Waals surface area contributed by atoms with Gasteiger partial charge in [0, 0.05) is 6.42 Å². The number of carbonyl (C=O) groups excluding carboxylic acids is 1. The molecule has 0 aliphatic carbocycles. The van der Waals surface area contributed by atoms with Gasteiger partial charge in [0.1, 0.15) is 12.1 Å². The zero-order valence-corrected chi connectivity index (χ0v) is 9.24. The summed E-state index contributed by atoms with van der Waals surface area (Å²) in [5.74, 6) is 0.434. The summed E-state index contributed by atoms with van der Waals surface area (Å²) in [5, 5.41) is 0. The summed E-state index contributed by atoms with van der Waals surface area (Å²) < 4.78 is 13.0. The van der Waals surface area contributed by atoms with Gasteiger partial charge in [-0.05, 0) is 36.0 Å². The van der Waals surface area contributed by atoms with Crippen LogP contribution in [0.25, 0.3) is 0 Å². The van der Waals surface area contributed by atoms with E-state index in [0.717, 1.165) is 18.3 Å². The predicted molar refractivity (Wildman–Crippen MR) is 59.3 cm³/mol. The van der Waals surface area contributed by atoms with Crippen LogP contribution in [-0.4, -0.2) is 6.29 Å². The summed E-state index contributed by atoms with van der Waals surface area (Å²) in [6.07, 6.45) is 2.31. The van der Waals surface area contributed by atoms with Gasteiger partial charge in [-0.15, -0.1) is 0 Å². The molecule has 0 aliphatic rings. The third kappa shape index (κ3) is 3.82. The number of rotatable bonds is 5. The van der Waals surface area contributed by atoms with Gasteiger partial charge in [-0.2, -0.15) is 0 Å². The van der Waals surface area contributed by atoms with Crippen molar-refractivity contribution >= 4 is 6.29 Å². The fraction of sp³-hybridized carbons (Fsp3) is 0.462. The first-order chi connectivity index (χ1) is 7.13. The Morgan fingerprint density at radius 1 is 1.40 bits per heavy atom. The molecule has 1 aromatic rings. The molecule has 0 radical (unpaired) electrons. The van der Waals surface area contributed by atoms with Crippen LogP contribution in [0.1, 0.15) is 38.2 Å². The molecule has 0 bridgehead atoms. The first kappa shape index (κ1) is 11.9. The molecule has 0 saturated heterocycles. The SMILES string of the molecule is CC(C)CC(CC=O)c1cccc(F)c1. The Hall–Kier alpha value is -1.18. The number of carbonyl (C=O) groups is 1. The van der Waals surface area contributed by atoms with E-state index >= 15 is 0 Å². The number of halogens is 1. The first-order valence-corrected chi connectivity index (χ1v) is 5.32. The van der Waals surface area contributed by atoms with Crippen LogP contribution < -0.4 is 0 Å². The van der Waals surface area contributed by atoms with Gasteiger partial charge in [-0.25, -0.2) is 4.39 Å². The van der Waals surface area contributed by atoms with E-state index < -0.39 is 0 Å². The maximum atomic E-state index is 13.0. The van der Waals surface area contributed by atoms with Crippen LogP contribution in [0, 0.1) is 11.7 Å². The summed E-state index contributed by atoms with van der Waals surface area (Å²) in [5.41, 5.74) is 0.927. The molecule has 0 aliphatic heterocycles. The Morgan fingerprint density at radius 2 is 2.13 bits per heavy atom. The Labute approximate surface area is 90.3 Å². The van der Waals surface area contributed by atoms with Crippen molar-refractivity contribution in [1.29, 1.82) is 0 Å². The normalized spacial score (nSPS) is 12.8. The number of hydrogen-bond donors (Lipinski definition) is 0. The first-order valence-electron chi connectivity index (χ1n) is 5.32. The van der Waals surface area contributed by atoms with E-state index in [1.165, 1.54) is 12.1 Å². The molecule has 82 valence electrons. The summed E-state index contributed by atoms with van der Waals surface area (Å²) in [7, 11) is 0. The Kier molecular flexibility index (Phi) is 4.47. The topological polar surface area (TPSA) is 17.1 Å². The highest BCUT2D eigenvalue weighted by molar-refractivity contribution is 5.51. The lowest BCUT2D eigenvalue weighted by molar-refractivity contribution is -0.108. The second-order valence-corrected chi connectivity index (χ2v) is 4.28. The minimum atomic E-state index is -0.229. The largest absolute Gasteiger partial charge is 0.303 e. The molecule has 1 unspecified atom stereocenters. The molecule has 1 aromatic carbocycles. The summed E-state index contributed by atoms with van der Waals surface area (Å²) >= 11 is 0. The van der Waals surface area contributed by atoms with Crippen molar-refractivity contribution < 1.29 is 9.18 Å². The number of benzene rings is 1. The van der Waals surface area contributed by atoms with Crippen molar-refractivity contribution in [3.63, 3.8) is 0 Å². The molecule has 0 aromatic heterocycles. The Bertz CT molecular complexity index is 320. The maximum Gasteiger partial charge on any atom is 0.123 e. The van der Waals surface area contributed by atoms with Crippen LogP contribution in [0.3, 0.4) is 0 Å². The molecule has 1 atom stereocenters. The molecule has 2 heteroatoms. The van der Waals surface area contributed by atoms with Crippen molar-refractivity contribution in [2.75, 3.05) is 0 Å². The van der Waals surface area contributed by atoms with Gasteiger partial charge in [-0.3, -0.25) is 0 Å². The lowest BCUT2D eigenvalue weighted by Crippen LogP contribution is -2.04. The average molecular weight is 208 g/mol. The summed E-state index contributed by atoms with van der Waals surface area (Å²) in [4.78, 5) is 10.6. The number of hydrogen-bond acceptors (Lipinski definition) is 1. The third-order valence-electron chi connectivity index (χ3n) is 2.46. The van der Waals surface area contributed by atoms with Gasteiger partial charge in [0.05, 0.1) is 0 Å². The zero-order chi connectivity index (χ0) is 11.3. The highest BCUT2D eigenvalue weighted by atomic mass is 19.1. The third-order valence-corrected chi connectivity index (χ3v) is 2.46. The lowest BCUT2D eigenvalue weighted by atomic mass is 9.88. The van der Waals surface area contributed by atoms with E-state index in [2.05, 4.69) is 13.8 Å². The molecule has 1 nitrogen and oxygen atoms in total. The van der Waals surface area contributed by atoms with Gasteiger partial charge in [0.25, 0.3) is 0 Å². The molecule has 0 fully saturated rings. The molecule has 0 heterocycles. The molecule has 0 N–H and O–H groups in total. The van der Waals surface area contributed by atoms with Crippen molar-refractivity contribution in [2.24, 2.45) is 5.92 Å². The van der Waals surface area contributed by atoms with Crippen molar-refractivity contribution in [2.45, 2.75) is 32.6 Å². The van der Waals surface area contributed by atoms with E-state index in [9.17, 15) is 9.18 Å². The fourth-order valence-electron chi connectivity index (χ4n) is 1.81. The molecule has 0 amide bonds. The molecule has 0 spiro atoms. The van der Waals surface area contributed by atoms with Crippen LogP contribution in [0.4, 0.5) is 4.39 Å². The van der Waals surface area contributed by atoms with E-state index in [1.807, 2.05) is 6.07 Å². The highest BCUT2D eigenvalue weighted by Crippen LogP contribution is 2.26. The second kappa shape index (κ2) is 5.64. The monoisotopic (exact) mass is 208 g/mol. The fourth-order valence-corrected chi connectivity index (χ4v) is 1.81. The van der Waals surface area contributed by atoms with Crippen molar-refractivity contribution in [3.05, 3.63) is 35.6 Å². The van der Waals surface area contributed by atoms with Crippen LogP contribution in [-0.2, 0) is 4.79 Å². The molecular weight excluding hydrogens is 191 g/mol. The Balaban J connectivity index is 2.82. The van der Waals surface area contributed by atoms with Crippen LogP contribution >= 0.6 is 0 Å².